The molecule has 11 aromatic rings. The molecule has 0 radical (unpaired) electrons. The minimum Gasteiger partial charge on any atom is -0.310 e. The van der Waals surface area contributed by atoms with Crippen molar-refractivity contribution in [3.63, 3.8) is 0 Å². The number of fused-ring (bicyclic) bond motifs is 20. The Morgan fingerprint density at radius 2 is 0.625 bits per heavy atom. The molecule has 0 N–H and O–H groups in total. The molecule has 1 aliphatic heterocycles. The molecule has 0 amide bonds. The Morgan fingerprint density at radius 1 is 0.264 bits per heavy atom. The molecule has 0 saturated heterocycles. The van der Waals surface area contributed by atoms with Crippen molar-refractivity contribution >= 4 is 34.1 Å². The summed E-state index contributed by atoms with van der Waals surface area (Å²) in [4.78, 5) is 4.99. The second-order valence-corrected chi connectivity index (χ2v) is 20.3. The molecule has 2 heteroatoms. The first-order valence-corrected chi connectivity index (χ1v) is 25.3. The number of para-hydroxylation sites is 2. The molecular weight excluding hydrogens is 869 g/mol. The summed E-state index contributed by atoms with van der Waals surface area (Å²) >= 11 is 0. The Kier molecular flexibility index (Phi) is 8.66. The highest BCUT2D eigenvalue weighted by Gasteiger charge is 2.50. The van der Waals surface area contributed by atoms with Gasteiger partial charge in [-0.1, -0.05) is 208 Å². The fourth-order valence-corrected chi connectivity index (χ4v) is 13.4. The fraction of sp³-hybridized carbons (Fsp3) is 0.0571. The first kappa shape index (κ1) is 40.9. The summed E-state index contributed by atoms with van der Waals surface area (Å²) in [6, 6.07) is 95.9. The molecule has 4 aliphatic rings. The number of hydrogen-bond donors (Lipinski definition) is 0. The largest absolute Gasteiger partial charge is 0.310 e. The van der Waals surface area contributed by atoms with Gasteiger partial charge in [0.2, 0.25) is 0 Å². The van der Waals surface area contributed by atoms with E-state index in [2.05, 4.69) is 278 Å². The van der Waals surface area contributed by atoms with Crippen LogP contribution < -0.4 is 9.80 Å². The fourth-order valence-electron chi connectivity index (χ4n) is 13.4. The second kappa shape index (κ2) is 15.3. The van der Waals surface area contributed by atoms with Gasteiger partial charge in [-0.2, -0.15) is 0 Å². The van der Waals surface area contributed by atoms with Crippen LogP contribution in [0.3, 0.4) is 0 Å². The minimum absolute atomic E-state index is 0.190. The van der Waals surface area contributed by atoms with E-state index in [0.29, 0.717) is 0 Å². The summed E-state index contributed by atoms with van der Waals surface area (Å²) < 4.78 is 0. The molecule has 338 valence electrons. The first-order chi connectivity index (χ1) is 35.5. The topological polar surface area (TPSA) is 6.48 Å². The van der Waals surface area contributed by atoms with Crippen LogP contribution >= 0.6 is 0 Å². The zero-order valence-electron chi connectivity index (χ0n) is 40.1. The third-order valence-electron chi connectivity index (χ3n) is 16.4. The molecule has 0 aromatic heterocycles. The number of hydrogen-bond acceptors (Lipinski definition) is 2. The predicted octanol–water partition coefficient (Wildman–Crippen LogP) is 18.6. The molecule has 2 nitrogen and oxygen atoms in total. The molecular formula is C70H48N2. The smallest absolute Gasteiger partial charge is 0.0726 e. The van der Waals surface area contributed by atoms with Gasteiger partial charge < -0.3 is 9.80 Å². The monoisotopic (exact) mass is 916 g/mol. The highest BCUT2D eigenvalue weighted by Crippen LogP contribution is 2.63. The van der Waals surface area contributed by atoms with Gasteiger partial charge in [0.05, 0.1) is 16.8 Å². The van der Waals surface area contributed by atoms with E-state index in [-0.39, 0.29) is 5.41 Å². The lowest BCUT2D eigenvalue weighted by atomic mass is 9.66. The lowest BCUT2D eigenvalue weighted by Crippen LogP contribution is -2.29. The van der Waals surface area contributed by atoms with Gasteiger partial charge in [0, 0.05) is 39.3 Å². The maximum absolute atomic E-state index is 2.55. The SMILES string of the molecule is CC1(C)c2ccccc2-c2ccc(N(c3ccc4c(c3)-c3ccccc3-c3ccccc3N4c3ccccc3)c3ccc4c(c3)C3(c5ccccc5-c5ccccc5-4)c4ccccc4-c4ccccc43)cc21. The van der Waals surface area contributed by atoms with E-state index in [4.69, 9.17) is 0 Å². The van der Waals surface area contributed by atoms with Gasteiger partial charge in [0.15, 0.2) is 0 Å². The Hall–Kier alpha value is -8.98. The van der Waals surface area contributed by atoms with Gasteiger partial charge in [-0.05, 0) is 150 Å². The third kappa shape index (κ3) is 5.55. The van der Waals surface area contributed by atoms with E-state index in [1.54, 1.807) is 0 Å². The third-order valence-corrected chi connectivity index (χ3v) is 16.4. The van der Waals surface area contributed by atoms with Crippen molar-refractivity contribution in [1.29, 1.82) is 0 Å². The lowest BCUT2D eigenvalue weighted by molar-refractivity contribution is 0.660. The number of rotatable bonds is 4. The van der Waals surface area contributed by atoms with Gasteiger partial charge in [-0.15, -0.1) is 0 Å². The van der Waals surface area contributed by atoms with E-state index < -0.39 is 5.41 Å². The van der Waals surface area contributed by atoms with Gasteiger partial charge in [0.1, 0.15) is 0 Å². The van der Waals surface area contributed by atoms with E-state index >= 15 is 0 Å². The average Bonchev–Trinajstić information content (AvgIpc) is 3.77. The van der Waals surface area contributed by atoms with Crippen molar-refractivity contribution in [2.75, 3.05) is 9.80 Å². The van der Waals surface area contributed by atoms with Crippen LogP contribution in [0.1, 0.15) is 47.2 Å². The second-order valence-electron chi connectivity index (χ2n) is 20.3. The Morgan fingerprint density at radius 3 is 1.21 bits per heavy atom. The Balaban J connectivity index is 1.04. The summed E-state index contributed by atoms with van der Waals surface area (Å²) in [7, 11) is 0. The van der Waals surface area contributed by atoms with Crippen molar-refractivity contribution in [3.05, 3.63) is 288 Å². The van der Waals surface area contributed by atoms with E-state index in [1.165, 1.54) is 100 Å². The van der Waals surface area contributed by atoms with Gasteiger partial charge in [0.25, 0.3) is 0 Å². The summed E-state index contributed by atoms with van der Waals surface area (Å²) in [6.07, 6.45) is 0. The molecule has 1 heterocycles. The van der Waals surface area contributed by atoms with Crippen LogP contribution in [-0.2, 0) is 10.8 Å². The quantitative estimate of drug-likeness (QED) is 0.174. The molecule has 72 heavy (non-hydrogen) atoms. The first-order valence-electron chi connectivity index (χ1n) is 25.3. The maximum Gasteiger partial charge on any atom is 0.0726 e. The molecule has 15 rings (SSSR count). The van der Waals surface area contributed by atoms with Crippen LogP contribution in [0.15, 0.2) is 255 Å². The molecule has 0 saturated carbocycles. The zero-order chi connectivity index (χ0) is 47.7. The van der Waals surface area contributed by atoms with Crippen molar-refractivity contribution < 1.29 is 0 Å². The van der Waals surface area contributed by atoms with Crippen LogP contribution in [0.25, 0.3) is 66.8 Å². The lowest BCUT2D eigenvalue weighted by Gasteiger charge is -2.36. The van der Waals surface area contributed by atoms with Crippen molar-refractivity contribution in [1.82, 2.24) is 0 Å². The number of benzene rings is 11. The van der Waals surface area contributed by atoms with E-state index in [1.807, 2.05) is 0 Å². The molecule has 3 aliphatic carbocycles. The summed E-state index contributed by atoms with van der Waals surface area (Å²) in [5.41, 5.74) is 28.9. The van der Waals surface area contributed by atoms with Crippen LogP contribution in [0.4, 0.5) is 34.1 Å². The minimum atomic E-state index is -0.615. The van der Waals surface area contributed by atoms with Crippen molar-refractivity contribution in [2.45, 2.75) is 24.7 Å². The normalized spacial score (nSPS) is 14.2. The van der Waals surface area contributed by atoms with Crippen LogP contribution in [0.5, 0.6) is 0 Å². The van der Waals surface area contributed by atoms with Crippen LogP contribution in [-0.4, -0.2) is 0 Å². The zero-order valence-corrected chi connectivity index (χ0v) is 40.1. The standard InChI is InChI=1S/C70H48N2/c1-69(2)61-31-15-10-27-54(61)58-40-37-47(43-65(58)69)71(46-38-41-68-60(42-46)52-25-9-8-24-51(52)59-30-14-19-35-67(59)72(68)45-20-4-3-5-21-45)48-36-39-57-50-23-7-6-22-49(50)53-26-11-16-32-62(53)70(66(57)44-48)63-33-17-12-28-55(63)56-29-13-18-34-64(56)70/h3-44H,1-2H3. The summed E-state index contributed by atoms with van der Waals surface area (Å²) in [5.74, 6) is 0. The Bertz CT molecular complexity index is 4000. The number of anilines is 6. The molecule has 11 aromatic carbocycles. The Labute approximate surface area is 421 Å². The molecule has 1 spiro atoms. The van der Waals surface area contributed by atoms with Crippen molar-refractivity contribution in [3.8, 4) is 66.8 Å². The highest BCUT2D eigenvalue weighted by molar-refractivity contribution is 6.04. The molecule has 0 atom stereocenters. The molecule has 0 fully saturated rings. The van der Waals surface area contributed by atoms with Gasteiger partial charge in [-0.25, -0.2) is 0 Å². The number of nitrogens with zero attached hydrogens (tertiary/aromatic N) is 2. The van der Waals surface area contributed by atoms with E-state index in [9.17, 15) is 0 Å². The van der Waals surface area contributed by atoms with Crippen molar-refractivity contribution in [2.24, 2.45) is 0 Å². The summed E-state index contributed by atoms with van der Waals surface area (Å²) in [5, 5.41) is 0. The van der Waals surface area contributed by atoms with Gasteiger partial charge in [-0.3, -0.25) is 0 Å². The van der Waals surface area contributed by atoms with E-state index in [0.717, 1.165) is 34.1 Å². The predicted molar refractivity (Wildman–Crippen MR) is 300 cm³/mol. The molecule has 0 unspecified atom stereocenters. The highest BCUT2D eigenvalue weighted by atomic mass is 15.2. The maximum atomic E-state index is 2.55. The summed E-state index contributed by atoms with van der Waals surface area (Å²) in [6.45, 7) is 4.77. The van der Waals surface area contributed by atoms with Crippen LogP contribution in [0, 0.1) is 0 Å². The molecule has 0 bridgehead atoms. The van der Waals surface area contributed by atoms with Crippen LogP contribution in [0.2, 0.25) is 0 Å². The average molecular weight is 917 g/mol. The van der Waals surface area contributed by atoms with Gasteiger partial charge >= 0.3 is 0 Å².